The second kappa shape index (κ2) is 12.8. The van der Waals surface area contributed by atoms with Crippen molar-refractivity contribution in [1.82, 2.24) is 4.98 Å². The monoisotopic (exact) mass is 568 g/mol. The molecule has 8 heteroatoms. The Morgan fingerprint density at radius 3 is 2.49 bits per heavy atom. The van der Waals surface area contributed by atoms with Crippen LogP contribution in [0.1, 0.15) is 50.3 Å². The Hall–Kier alpha value is -4.43. The lowest BCUT2D eigenvalue weighted by molar-refractivity contribution is -0.117. The minimum atomic E-state index is -0.864. The van der Waals surface area contributed by atoms with Crippen LogP contribution in [0.3, 0.4) is 0 Å². The van der Waals surface area contributed by atoms with Gasteiger partial charge in [0, 0.05) is 0 Å². The number of benzene rings is 3. The normalized spacial score (nSPS) is 15.3. The predicted molar refractivity (Wildman–Crippen MR) is 163 cm³/mol. The van der Waals surface area contributed by atoms with E-state index in [2.05, 4.69) is 6.92 Å². The van der Waals surface area contributed by atoms with Crippen LogP contribution in [0.15, 0.2) is 90.2 Å². The topological polar surface area (TPSA) is 89.0 Å². The number of aromatic nitrogens is 1. The number of ketones is 1. The Morgan fingerprint density at radius 1 is 1.00 bits per heavy atom. The van der Waals surface area contributed by atoms with E-state index in [1.165, 1.54) is 22.3 Å². The third-order valence-corrected chi connectivity index (χ3v) is 7.80. The van der Waals surface area contributed by atoms with Gasteiger partial charge in [0.2, 0.25) is 0 Å². The number of thiazole rings is 1. The van der Waals surface area contributed by atoms with Gasteiger partial charge in [-0.25, -0.2) is 4.98 Å². The lowest BCUT2D eigenvalue weighted by Crippen LogP contribution is -2.30. The first kappa shape index (κ1) is 28.1. The van der Waals surface area contributed by atoms with Crippen molar-refractivity contribution >= 4 is 44.5 Å². The van der Waals surface area contributed by atoms with Crippen molar-refractivity contribution in [3.05, 3.63) is 101 Å². The summed E-state index contributed by atoms with van der Waals surface area (Å²) in [7, 11) is 0. The summed E-state index contributed by atoms with van der Waals surface area (Å²) in [6.07, 6.45) is 6.24. The van der Waals surface area contributed by atoms with E-state index in [4.69, 9.17) is 14.5 Å². The number of nitrogens with zero attached hydrogens (tertiary/aromatic N) is 2. The van der Waals surface area contributed by atoms with Crippen LogP contribution in [0.25, 0.3) is 16.3 Å². The fraction of sp³-hybridized carbons (Fsp3) is 0.242. The van der Waals surface area contributed by atoms with Crippen molar-refractivity contribution in [1.29, 1.82) is 0 Å². The maximum atomic E-state index is 13.6. The number of rotatable bonds is 12. The molecule has 3 aromatic carbocycles. The zero-order valence-electron chi connectivity index (χ0n) is 23.1. The van der Waals surface area contributed by atoms with Gasteiger partial charge in [-0.2, -0.15) is 0 Å². The van der Waals surface area contributed by atoms with Crippen LogP contribution in [0.2, 0.25) is 0 Å². The second-order valence-electron chi connectivity index (χ2n) is 9.63. The fourth-order valence-electron chi connectivity index (χ4n) is 4.74. The number of carbonyl (C=O) groups is 2. The van der Waals surface area contributed by atoms with Gasteiger partial charge in [0.1, 0.15) is 11.5 Å². The number of ether oxygens (including phenoxy) is 2. The minimum absolute atomic E-state index is 0.00746. The van der Waals surface area contributed by atoms with E-state index in [1.807, 2.05) is 79.7 Å². The highest BCUT2D eigenvalue weighted by molar-refractivity contribution is 7.22. The molecule has 5 rings (SSSR count). The van der Waals surface area contributed by atoms with Crippen LogP contribution in [0.4, 0.5) is 5.13 Å². The molecule has 1 aromatic heterocycles. The number of anilines is 1. The molecule has 1 amide bonds. The Kier molecular flexibility index (Phi) is 8.79. The summed E-state index contributed by atoms with van der Waals surface area (Å²) in [6.45, 7) is 5.20. The van der Waals surface area contributed by atoms with E-state index >= 15 is 0 Å². The molecule has 41 heavy (non-hydrogen) atoms. The molecule has 0 bridgehead atoms. The number of hydrogen-bond acceptors (Lipinski definition) is 7. The molecule has 1 aliphatic rings. The molecule has 0 fully saturated rings. The average Bonchev–Trinajstić information content (AvgIpc) is 3.52. The Balaban J connectivity index is 1.52. The number of aliphatic hydroxyl groups is 1. The van der Waals surface area contributed by atoms with Gasteiger partial charge >= 0.3 is 0 Å². The number of carbonyl (C=O) groups excluding carboxylic acids is 2. The van der Waals surface area contributed by atoms with Crippen molar-refractivity contribution < 1.29 is 24.2 Å². The largest absolute Gasteiger partial charge is 0.503 e. The SMILES string of the molecule is CCCCCOc1ccc(C2C(C(=O)/C=C/c3ccccc3)=C(O)C(=O)N2c2nc3ccc(OCC)cc3s2)cc1. The molecule has 0 saturated heterocycles. The van der Waals surface area contributed by atoms with Gasteiger partial charge in [0.05, 0.1) is 35.0 Å². The van der Waals surface area contributed by atoms with Crippen LogP contribution in [0.5, 0.6) is 11.5 Å². The van der Waals surface area contributed by atoms with Gasteiger partial charge in [-0.1, -0.05) is 79.6 Å². The van der Waals surface area contributed by atoms with E-state index in [-0.39, 0.29) is 5.57 Å². The molecule has 0 aliphatic carbocycles. The molecular weight excluding hydrogens is 536 g/mol. The molecule has 2 heterocycles. The summed E-state index contributed by atoms with van der Waals surface area (Å²) < 4.78 is 12.3. The van der Waals surface area contributed by atoms with Crippen LogP contribution in [-0.4, -0.2) is 35.0 Å². The van der Waals surface area contributed by atoms with Gasteiger partial charge < -0.3 is 14.6 Å². The van der Waals surface area contributed by atoms with E-state index in [1.54, 1.807) is 6.08 Å². The van der Waals surface area contributed by atoms with Crippen LogP contribution < -0.4 is 14.4 Å². The van der Waals surface area contributed by atoms with Crippen LogP contribution >= 0.6 is 11.3 Å². The number of amides is 1. The first-order valence-electron chi connectivity index (χ1n) is 13.8. The van der Waals surface area contributed by atoms with E-state index in [0.717, 1.165) is 29.5 Å². The maximum Gasteiger partial charge on any atom is 0.296 e. The van der Waals surface area contributed by atoms with E-state index in [9.17, 15) is 14.7 Å². The summed E-state index contributed by atoms with van der Waals surface area (Å²) >= 11 is 1.30. The second-order valence-corrected chi connectivity index (χ2v) is 10.6. The smallest absolute Gasteiger partial charge is 0.296 e. The molecule has 4 aromatic rings. The maximum absolute atomic E-state index is 13.6. The molecule has 1 atom stereocenters. The van der Waals surface area contributed by atoms with Gasteiger partial charge in [-0.15, -0.1) is 0 Å². The molecule has 210 valence electrons. The summed E-state index contributed by atoms with van der Waals surface area (Å²) in [4.78, 5) is 33.2. The Bertz CT molecular complexity index is 1590. The van der Waals surface area contributed by atoms with Crippen LogP contribution in [0, 0.1) is 0 Å². The summed E-state index contributed by atoms with van der Waals surface area (Å²) in [5.41, 5.74) is 2.20. The molecule has 0 radical (unpaired) electrons. The molecule has 1 N–H and O–H groups in total. The average molecular weight is 569 g/mol. The Labute approximate surface area is 243 Å². The summed E-state index contributed by atoms with van der Waals surface area (Å²) in [5, 5.41) is 11.4. The quantitative estimate of drug-likeness (QED) is 0.141. The molecule has 0 saturated carbocycles. The first-order valence-corrected chi connectivity index (χ1v) is 14.6. The van der Waals surface area contributed by atoms with Gasteiger partial charge in [0.25, 0.3) is 5.91 Å². The van der Waals surface area contributed by atoms with Gasteiger partial charge in [-0.3, -0.25) is 14.5 Å². The highest BCUT2D eigenvalue weighted by Gasteiger charge is 2.45. The number of unbranched alkanes of at least 4 members (excludes halogenated alkanes) is 2. The third-order valence-electron chi connectivity index (χ3n) is 6.78. The fourth-order valence-corrected chi connectivity index (χ4v) is 5.76. The standard InChI is InChI=1S/C33H32N2O5S/c1-3-5-9-20-40-24-15-13-23(14-16-24)30-29(27(36)19-12-22-10-7-6-8-11-22)31(37)32(38)35(30)33-34-26-18-17-25(39-4-2)21-28(26)41-33/h6-8,10-19,21,30,37H,3-5,9,20H2,1-2H3/b19-12+. The van der Waals surface area contributed by atoms with Crippen LogP contribution in [-0.2, 0) is 9.59 Å². The van der Waals surface area contributed by atoms with Crippen molar-refractivity contribution in [2.24, 2.45) is 0 Å². The van der Waals surface area contributed by atoms with Gasteiger partial charge in [-0.05, 0) is 60.9 Å². The first-order chi connectivity index (χ1) is 20.0. The molecule has 7 nitrogen and oxygen atoms in total. The lowest BCUT2D eigenvalue weighted by atomic mass is 9.95. The van der Waals surface area contributed by atoms with E-state index < -0.39 is 23.5 Å². The van der Waals surface area contributed by atoms with Gasteiger partial charge in [0.15, 0.2) is 16.7 Å². The predicted octanol–water partition coefficient (Wildman–Crippen LogP) is 7.45. The molecule has 1 unspecified atom stereocenters. The number of fused-ring (bicyclic) bond motifs is 1. The van der Waals surface area contributed by atoms with Crippen molar-refractivity contribution in [2.75, 3.05) is 18.1 Å². The van der Waals surface area contributed by atoms with Crippen molar-refractivity contribution in [3.8, 4) is 11.5 Å². The third kappa shape index (κ3) is 6.18. The summed E-state index contributed by atoms with van der Waals surface area (Å²) in [6, 6.07) is 21.4. The zero-order valence-corrected chi connectivity index (χ0v) is 23.9. The van der Waals surface area contributed by atoms with Crippen molar-refractivity contribution in [3.63, 3.8) is 0 Å². The number of hydrogen-bond donors (Lipinski definition) is 1. The highest BCUT2D eigenvalue weighted by atomic mass is 32.1. The Morgan fingerprint density at radius 2 is 1.76 bits per heavy atom. The molecular formula is C33H32N2O5S. The lowest BCUT2D eigenvalue weighted by Gasteiger charge is -2.24. The highest BCUT2D eigenvalue weighted by Crippen LogP contribution is 2.44. The molecule has 0 spiro atoms. The molecule has 1 aliphatic heterocycles. The minimum Gasteiger partial charge on any atom is -0.503 e. The summed E-state index contributed by atoms with van der Waals surface area (Å²) in [5.74, 6) is -0.291. The zero-order chi connectivity index (χ0) is 28.8. The van der Waals surface area contributed by atoms with Crippen molar-refractivity contribution in [2.45, 2.75) is 39.2 Å². The number of allylic oxidation sites excluding steroid dienone is 1. The van der Waals surface area contributed by atoms with E-state index in [0.29, 0.717) is 40.9 Å². The number of aliphatic hydroxyl groups excluding tert-OH is 1.